The van der Waals surface area contributed by atoms with Gasteiger partial charge < -0.3 is 10.4 Å². The number of benzene rings is 1. The molecule has 0 saturated heterocycles. The molecule has 17 heavy (non-hydrogen) atoms. The SMILES string of the molecule is CC(Cc1ccc(Cl)cc1)C(=O)N[C@@H](C)CO. The average Bonchev–Trinajstić information content (AvgIpc) is 2.31. The highest BCUT2D eigenvalue weighted by Gasteiger charge is 2.15. The normalized spacial score (nSPS) is 14.1. The number of aliphatic hydroxyl groups excluding tert-OH is 1. The second-order valence-corrected chi connectivity index (χ2v) is 4.76. The molecule has 0 aliphatic rings. The molecule has 2 N–H and O–H groups in total. The van der Waals surface area contributed by atoms with Crippen LogP contribution < -0.4 is 5.32 Å². The van der Waals surface area contributed by atoms with Gasteiger partial charge in [-0.3, -0.25) is 4.79 Å². The topological polar surface area (TPSA) is 49.3 Å². The van der Waals surface area contributed by atoms with Gasteiger partial charge in [-0.2, -0.15) is 0 Å². The van der Waals surface area contributed by atoms with Crippen LogP contribution in [0.1, 0.15) is 19.4 Å². The zero-order chi connectivity index (χ0) is 12.8. The van der Waals surface area contributed by atoms with Crippen molar-refractivity contribution in [2.24, 2.45) is 5.92 Å². The summed E-state index contributed by atoms with van der Waals surface area (Å²) in [5.41, 5.74) is 1.08. The monoisotopic (exact) mass is 255 g/mol. The predicted molar refractivity (Wildman–Crippen MR) is 69.0 cm³/mol. The molecule has 2 atom stereocenters. The van der Waals surface area contributed by atoms with Crippen LogP contribution in [0.15, 0.2) is 24.3 Å². The summed E-state index contributed by atoms with van der Waals surface area (Å²) in [7, 11) is 0. The van der Waals surface area contributed by atoms with Crippen LogP contribution in [0.5, 0.6) is 0 Å². The van der Waals surface area contributed by atoms with Crippen molar-refractivity contribution in [2.75, 3.05) is 6.61 Å². The van der Waals surface area contributed by atoms with Crippen molar-refractivity contribution in [3.8, 4) is 0 Å². The van der Waals surface area contributed by atoms with E-state index < -0.39 is 0 Å². The molecular formula is C13H18ClNO2. The average molecular weight is 256 g/mol. The Kier molecular flexibility index (Phi) is 5.45. The molecule has 0 aliphatic heterocycles. The predicted octanol–water partition coefficient (Wildman–Crippen LogP) is 2.02. The lowest BCUT2D eigenvalue weighted by Gasteiger charge is -2.15. The molecule has 1 amide bonds. The number of nitrogens with one attached hydrogen (secondary N) is 1. The second kappa shape index (κ2) is 6.62. The summed E-state index contributed by atoms with van der Waals surface area (Å²) in [6.07, 6.45) is 0.668. The Labute approximate surface area is 107 Å². The number of halogens is 1. The van der Waals surface area contributed by atoms with E-state index in [-0.39, 0.29) is 24.5 Å². The summed E-state index contributed by atoms with van der Waals surface area (Å²) in [5.74, 6) is -0.160. The molecule has 0 saturated carbocycles. The first-order valence-corrected chi connectivity index (χ1v) is 6.06. The molecule has 0 aliphatic carbocycles. The van der Waals surface area contributed by atoms with E-state index in [0.717, 1.165) is 5.56 Å². The van der Waals surface area contributed by atoms with E-state index >= 15 is 0 Å². The molecule has 1 unspecified atom stereocenters. The van der Waals surface area contributed by atoms with Gasteiger partial charge in [0.25, 0.3) is 0 Å². The maximum Gasteiger partial charge on any atom is 0.223 e. The number of rotatable bonds is 5. The van der Waals surface area contributed by atoms with Crippen LogP contribution in [0.2, 0.25) is 5.02 Å². The number of carbonyl (C=O) groups is 1. The molecule has 3 nitrogen and oxygen atoms in total. The Morgan fingerprint density at radius 1 is 1.35 bits per heavy atom. The van der Waals surface area contributed by atoms with Gasteiger partial charge in [0.05, 0.1) is 6.61 Å². The highest BCUT2D eigenvalue weighted by molar-refractivity contribution is 6.30. The Bertz CT molecular complexity index is 364. The van der Waals surface area contributed by atoms with Crippen LogP contribution in [0.25, 0.3) is 0 Å². The Hall–Kier alpha value is -1.06. The van der Waals surface area contributed by atoms with Gasteiger partial charge in [-0.05, 0) is 31.0 Å². The molecule has 4 heteroatoms. The molecule has 0 spiro atoms. The number of amides is 1. The Morgan fingerprint density at radius 3 is 2.47 bits per heavy atom. The third-order valence-electron chi connectivity index (χ3n) is 2.57. The molecule has 1 aromatic carbocycles. The van der Waals surface area contributed by atoms with Crippen LogP contribution in [0.4, 0.5) is 0 Å². The quantitative estimate of drug-likeness (QED) is 0.846. The molecular weight excluding hydrogens is 238 g/mol. The van der Waals surface area contributed by atoms with Gasteiger partial charge in [-0.1, -0.05) is 30.7 Å². The Morgan fingerprint density at radius 2 is 1.94 bits per heavy atom. The van der Waals surface area contributed by atoms with Crippen molar-refractivity contribution < 1.29 is 9.90 Å². The van der Waals surface area contributed by atoms with Crippen molar-refractivity contribution >= 4 is 17.5 Å². The van der Waals surface area contributed by atoms with Gasteiger partial charge in [0.2, 0.25) is 5.91 Å². The molecule has 0 aromatic heterocycles. The van der Waals surface area contributed by atoms with E-state index in [4.69, 9.17) is 16.7 Å². The molecule has 1 rings (SSSR count). The van der Waals surface area contributed by atoms with Crippen molar-refractivity contribution in [1.29, 1.82) is 0 Å². The van der Waals surface area contributed by atoms with Crippen LogP contribution in [-0.4, -0.2) is 23.7 Å². The minimum absolute atomic E-state index is 0.0403. The third-order valence-corrected chi connectivity index (χ3v) is 2.82. The minimum Gasteiger partial charge on any atom is -0.394 e. The summed E-state index contributed by atoms with van der Waals surface area (Å²) in [6, 6.07) is 7.27. The number of aliphatic hydroxyl groups is 1. The first-order chi connectivity index (χ1) is 8.02. The van der Waals surface area contributed by atoms with Gasteiger partial charge in [0.15, 0.2) is 0 Å². The van der Waals surface area contributed by atoms with Crippen LogP contribution in [-0.2, 0) is 11.2 Å². The van der Waals surface area contributed by atoms with Gasteiger partial charge in [0.1, 0.15) is 0 Å². The minimum atomic E-state index is -0.199. The Balaban J connectivity index is 2.51. The lowest BCUT2D eigenvalue weighted by molar-refractivity contribution is -0.125. The molecule has 0 bridgehead atoms. The van der Waals surface area contributed by atoms with E-state index in [1.807, 2.05) is 31.2 Å². The summed E-state index contributed by atoms with van der Waals surface area (Å²) in [4.78, 5) is 11.7. The van der Waals surface area contributed by atoms with Gasteiger partial charge in [0, 0.05) is 17.0 Å². The highest BCUT2D eigenvalue weighted by atomic mass is 35.5. The van der Waals surface area contributed by atoms with Gasteiger partial charge in [-0.15, -0.1) is 0 Å². The lowest BCUT2D eigenvalue weighted by atomic mass is 10.0. The lowest BCUT2D eigenvalue weighted by Crippen LogP contribution is -2.38. The molecule has 0 radical (unpaired) electrons. The van der Waals surface area contributed by atoms with E-state index in [9.17, 15) is 4.79 Å². The van der Waals surface area contributed by atoms with Gasteiger partial charge >= 0.3 is 0 Å². The number of hydrogen-bond acceptors (Lipinski definition) is 2. The summed E-state index contributed by atoms with van der Waals surface area (Å²) in [5, 5.41) is 12.3. The third kappa shape index (κ3) is 4.75. The van der Waals surface area contributed by atoms with Crippen molar-refractivity contribution in [3.63, 3.8) is 0 Å². The fourth-order valence-corrected chi connectivity index (χ4v) is 1.62. The van der Waals surface area contributed by atoms with E-state index in [2.05, 4.69) is 5.32 Å². The van der Waals surface area contributed by atoms with Crippen molar-refractivity contribution in [2.45, 2.75) is 26.3 Å². The zero-order valence-electron chi connectivity index (χ0n) is 10.1. The van der Waals surface area contributed by atoms with Crippen LogP contribution in [0, 0.1) is 5.92 Å². The first kappa shape index (κ1) is 14.0. The van der Waals surface area contributed by atoms with Crippen LogP contribution >= 0.6 is 11.6 Å². The maximum atomic E-state index is 11.7. The highest BCUT2D eigenvalue weighted by Crippen LogP contribution is 2.13. The first-order valence-electron chi connectivity index (χ1n) is 5.68. The number of hydrogen-bond donors (Lipinski definition) is 2. The van der Waals surface area contributed by atoms with E-state index in [1.165, 1.54) is 0 Å². The maximum absolute atomic E-state index is 11.7. The summed E-state index contributed by atoms with van der Waals surface area (Å²) < 4.78 is 0. The van der Waals surface area contributed by atoms with E-state index in [0.29, 0.717) is 11.4 Å². The van der Waals surface area contributed by atoms with Crippen LogP contribution in [0.3, 0.4) is 0 Å². The smallest absolute Gasteiger partial charge is 0.223 e. The van der Waals surface area contributed by atoms with Crippen molar-refractivity contribution in [1.82, 2.24) is 5.32 Å². The molecule has 94 valence electrons. The fraction of sp³-hybridized carbons (Fsp3) is 0.462. The standard InChI is InChI=1S/C13H18ClNO2/c1-9(13(17)15-10(2)8-16)7-11-3-5-12(14)6-4-11/h3-6,9-10,16H,7-8H2,1-2H3,(H,15,17)/t9?,10-/m0/s1. The zero-order valence-corrected chi connectivity index (χ0v) is 10.9. The molecule has 0 fully saturated rings. The van der Waals surface area contributed by atoms with E-state index in [1.54, 1.807) is 6.92 Å². The summed E-state index contributed by atoms with van der Waals surface area (Å²) in [6.45, 7) is 3.60. The summed E-state index contributed by atoms with van der Waals surface area (Å²) >= 11 is 5.79. The molecule has 1 aromatic rings. The fourth-order valence-electron chi connectivity index (χ4n) is 1.50. The largest absolute Gasteiger partial charge is 0.394 e. The second-order valence-electron chi connectivity index (χ2n) is 4.32. The van der Waals surface area contributed by atoms with Gasteiger partial charge in [-0.25, -0.2) is 0 Å². The number of carbonyl (C=O) groups excluding carboxylic acids is 1. The van der Waals surface area contributed by atoms with Crippen molar-refractivity contribution in [3.05, 3.63) is 34.9 Å². The molecule has 0 heterocycles.